The predicted octanol–water partition coefficient (Wildman–Crippen LogP) is 2.52. The molecule has 0 saturated heterocycles. The molecule has 0 spiro atoms. The lowest BCUT2D eigenvalue weighted by Crippen LogP contribution is -2.32. The number of pyridine rings is 1. The largest absolute Gasteiger partial charge is 0.463 e. The van der Waals surface area contributed by atoms with E-state index in [4.69, 9.17) is 0 Å². The van der Waals surface area contributed by atoms with Crippen LogP contribution >= 0.6 is 12.4 Å². The summed E-state index contributed by atoms with van der Waals surface area (Å²) in [6.45, 7) is 0. The van der Waals surface area contributed by atoms with Crippen LogP contribution in [0.4, 0.5) is 17.6 Å². The highest BCUT2D eigenvalue weighted by Gasteiger charge is 2.45. The van der Waals surface area contributed by atoms with E-state index < -0.39 is 18.5 Å². The summed E-state index contributed by atoms with van der Waals surface area (Å²) in [5.74, 6) is -1.55. The van der Waals surface area contributed by atoms with Crippen molar-refractivity contribution in [3.05, 3.63) is 30.1 Å². The Morgan fingerprint density at radius 1 is 1.44 bits per heavy atom. The lowest BCUT2D eigenvalue weighted by atomic mass is 10.3. The highest BCUT2D eigenvalue weighted by Crippen LogP contribution is 2.25. The van der Waals surface area contributed by atoms with Gasteiger partial charge in [-0.3, -0.25) is 4.98 Å². The van der Waals surface area contributed by atoms with Gasteiger partial charge < -0.3 is 4.74 Å². The standard InChI is InChI=1S/C8H5F4NO2.ClH/c9-7(10)8(11,12)15-6(14)5-2-1-3-13-4-5;/h1-4,7H;1H. The second-order valence-corrected chi connectivity index (χ2v) is 2.49. The Hall–Kier alpha value is -1.37. The first kappa shape index (κ1) is 14.6. The van der Waals surface area contributed by atoms with Crippen LogP contribution in [0.2, 0.25) is 0 Å². The highest BCUT2D eigenvalue weighted by molar-refractivity contribution is 5.89. The molecule has 0 radical (unpaired) electrons. The fourth-order valence-corrected chi connectivity index (χ4v) is 0.711. The zero-order chi connectivity index (χ0) is 11.5. The maximum absolute atomic E-state index is 12.3. The van der Waals surface area contributed by atoms with Gasteiger partial charge in [0, 0.05) is 12.4 Å². The average Bonchev–Trinajstić information content (AvgIpc) is 2.18. The molecule has 0 aliphatic carbocycles. The van der Waals surface area contributed by atoms with E-state index in [1.165, 1.54) is 12.3 Å². The first-order valence-electron chi connectivity index (χ1n) is 3.73. The van der Waals surface area contributed by atoms with Crippen LogP contribution in [0.25, 0.3) is 0 Å². The number of hydrogen-bond acceptors (Lipinski definition) is 3. The van der Waals surface area contributed by atoms with Gasteiger partial charge in [0.05, 0.1) is 5.56 Å². The summed E-state index contributed by atoms with van der Waals surface area (Å²) < 4.78 is 51.2. The highest BCUT2D eigenvalue weighted by atomic mass is 35.5. The van der Waals surface area contributed by atoms with Gasteiger partial charge in [0.2, 0.25) is 0 Å². The topological polar surface area (TPSA) is 39.2 Å². The molecule has 0 aromatic carbocycles. The smallest absolute Gasteiger partial charge is 0.393 e. The number of carbonyl (C=O) groups is 1. The monoisotopic (exact) mass is 259 g/mol. The van der Waals surface area contributed by atoms with Crippen molar-refractivity contribution in [2.75, 3.05) is 0 Å². The summed E-state index contributed by atoms with van der Waals surface area (Å²) in [4.78, 5) is 14.3. The van der Waals surface area contributed by atoms with Gasteiger partial charge in [-0.15, -0.1) is 12.4 Å². The fourth-order valence-electron chi connectivity index (χ4n) is 0.711. The molecule has 16 heavy (non-hydrogen) atoms. The summed E-state index contributed by atoms with van der Waals surface area (Å²) in [6, 6.07) is 2.41. The molecule has 0 amide bonds. The number of rotatable bonds is 3. The van der Waals surface area contributed by atoms with Crippen molar-refractivity contribution in [1.29, 1.82) is 0 Å². The van der Waals surface area contributed by atoms with E-state index in [0.717, 1.165) is 12.3 Å². The van der Waals surface area contributed by atoms with E-state index in [9.17, 15) is 22.4 Å². The van der Waals surface area contributed by atoms with E-state index in [2.05, 4.69) is 9.72 Å². The number of aromatic nitrogens is 1. The lowest BCUT2D eigenvalue weighted by Gasteiger charge is -2.14. The number of carbonyl (C=O) groups excluding carboxylic acids is 1. The van der Waals surface area contributed by atoms with Crippen molar-refractivity contribution in [2.45, 2.75) is 12.5 Å². The molecule has 0 N–H and O–H groups in total. The van der Waals surface area contributed by atoms with E-state index >= 15 is 0 Å². The van der Waals surface area contributed by atoms with Crippen molar-refractivity contribution in [2.24, 2.45) is 0 Å². The second-order valence-electron chi connectivity index (χ2n) is 2.49. The van der Waals surface area contributed by atoms with Crippen LogP contribution in [0.3, 0.4) is 0 Å². The van der Waals surface area contributed by atoms with Crippen LogP contribution in [-0.2, 0) is 4.74 Å². The number of esters is 1. The van der Waals surface area contributed by atoms with Crippen molar-refractivity contribution >= 4 is 18.4 Å². The van der Waals surface area contributed by atoms with Crippen molar-refractivity contribution in [3.8, 4) is 0 Å². The number of halogens is 5. The van der Waals surface area contributed by atoms with Crippen LogP contribution < -0.4 is 0 Å². The molecule has 0 atom stereocenters. The third-order valence-corrected chi connectivity index (χ3v) is 1.38. The van der Waals surface area contributed by atoms with Gasteiger partial charge in [0.15, 0.2) is 0 Å². The zero-order valence-corrected chi connectivity index (χ0v) is 8.39. The molecule has 8 heteroatoms. The summed E-state index contributed by atoms with van der Waals surface area (Å²) in [6.07, 6.45) is -6.61. The molecule has 1 aromatic rings. The average molecular weight is 260 g/mol. The Morgan fingerprint density at radius 3 is 2.50 bits per heavy atom. The van der Waals surface area contributed by atoms with Gasteiger partial charge >= 0.3 is 18.5 Å². The summed E-state index contributed by atoms with van der Waals surface area (Å²) in [5, 5.41) is 0. The predicted molar refractivity (Wildman–Crippen MR) is 47.9 cm³/mol. The van der Waals surface area contributed by atoms with Crippen LogP contribution in [0, 0.1) is 0 Å². The second kappa shape index (κ2) is 5.64. The molecule has 0 unspecified atom stereocenters. The molecule has 90 valence electrons. The number of ether oxygens (including phenoxy) is 1. The first-order valence-corrected chi connectivity index (χ1v) is 3.73. The van der Waals surface area contributed by atoms with E-state index in [-0.39, 0.29) is 18.0 Å². The quantitative estimate of drug-likeness (QED) is 0.618. The fraction of sp³-hybridized carbons (Fsp3) is 0.250. The van der Waals surface area contributed by atoms with E-state index in [1.807, 2.05) is 0 Å². The Labute approximate surface area is 93.8 Å². The normalized spacial score (nSPS) is 10.8. The van der Waals surface area contributed by atoms with E-state index in [1.54, 1.807) is 0 Å². The van der Waals surface area contributed by atoms with Gasteiger partial charge in [-0.2, -0.15) is 17.6 Å². The van der Waals surface area contributed by atoms with Crippen LogP contribution in [-0.4, -0.2) is 23.5 Å². The minimum Gasteiger partial charge on any atom is -0.393 e. The third-order valence-electron chi connectivity index (χ3n) is 1.38. The minimum absolute atomic E-state index is 0. The maximum Gasteiger partial charge on any atom is 0.463 e. The summed E-state index contributed by atoms with van der Waals surface area (Å²) in [5.41, 5.74) is -0.321. The molecule has 1 aromatic heterocycles. The molecule has 0 bridgehead atoms. The van der Waals surface area contributed by atoms with Crippen molar-refractivity contribution in [3.63, 3.8) is 0 Å². The van der Waals surface area contributed by atoms with Crippen LogP contribution in [0.5, 0.6) is 0 Å². The molecule has 0 fully saturated rings. The van der Waals surface area contributed by atoms with Gasteiger partial charge in [-0.1, -0.05) is 0 Å². The Balaban J connectivity index is 0.00000225. The van der Waals surface area contributed by atoms with Crippen LogP contribution in [0.1, 0.15) is 10.4 Å². The lowest BCUT2D eigenvalue weighted by molar-refractivity contribution is -0.269. The summed E-state index contributed by atoms with van der Waals surface area (Å²) in [7, 11) is 0. The van der Waals surface area contributed by atoms with Gasteiger partial charge in [0.25, 0.3) is 0 Å². The summed E-state index contributed by atoms with van der Waals surface area (Å²) >= 11 is 0. The number of hydrogen-bond donors (Lipinski definition) is 0. The molecule has 1 heterocycles. The SMILES string of the molecule is Cl.O=C(OC(F)(F)C(F)F)c1cccnc1. The number of nitrogens with zero attached hydrogens (tertiary/aromatic N) is 1. The molecule has 0 saturated carbocycles. The Kier molecular flexibility index (Phi) is 5.16. The Bertz CT molecular complexity index is 347. The van der Waals surface area contributed by atoms with Gasteiger partial charge in [-0.05, 0) is 12.1 Å². The first-order chi connectivity index (χ1) is 6.93. The zero-order valence-electron chi connectivity index (χ0n) is 7.57. The molecule has 3 nitrogen and oxygen atoms in total. The number of alkyl halides is 4. The maximum atomic E-state index is 12.3. The van der Waals surface area contributed by atoms with Crippen molar-refractivity contribution in [1.82, 2.24) is 4.98 Å². The van der Waals surface area contributed by atoms with Crippen molar-refractivity contribution < 1.29 is 27.1 Å². The van der Waals surface area contributed by atoms with Gasteiger partial charge in [0.1, 0.15) is 0 Å². The molecule has 0 aliphatic heterocycles. The molecular formula is C8H6ClF4NO2. The molecule has 0 aliphatic rings. The van der Waals surface area contributed by atoms with Gasteiger partial charge in [-0.25, -0.2) is 4.79 Å². The Morgan fingerprint density at radius 2 is 2.06 bits per heavy atom. The van der Waals surface area contributed by atoms with E-state index in [0.29, 0.717) is 0 Å². The molecular weight excluding hydrogens is 254 g/mol. The third kappa shape index (κ3) is 3.65. The minimum atomic E-state index is -4.78. The molecule has 1 rings (SSSR count). The van der Waals surface area contributed by atoms with Crippen LogP contribution in [0.15, 0.2) is 24.5 Å².